The number of methoxy groups -OCH3 is 1. The number of nitrogens with zero attached hydrogens (tertiary/aromatic N) is 1. The number of ether oxygens (including phenoxy) is 1. The summed E-state index contributed by atoms with van der Waals surface area (Å²) in [4.78, 5) is 24.0. The molecule has 7 nitrogen and oxygen atoms in total. The first-order valence-corrected chi connectivity index (χ1v) is 10.2. The molecule has 0 bridgehead atoms. The molecule has 1 saturated carbocycles. The average molecular weight is 382 g/mol. The molecule has 2 atom stereocenters. The number of carbonyl (C=O) groups is 2. The minimum atomic E-state index is -3.48. The molecule has 2 unspecified atom stereocenters. The van der Waals surface area contributed by atoms with Gasteiger partial charge in [-0.3, -0.25) is 9.59 Å². The molecular weight excluding hydrogens is 356 g/mol. The summed E-state index contributed by atoms with van der Waals surface area (Å²) < 4.78 is 31.0. The van der Waals surface area contributed by atoms with Gasteiger partial charge in [0.15, 0.2) is 0 Å². The molecule has 0 aliphatic heterocycles. The number of amides is 1. The maximum Gasteiger partial charge on any atom is 0.309 e. The van der Waals surface area contributed by atoms with E-state index < -0.39 is 10.0 Å². The van der Waals surface area contributed by atoms with Crippen molar-refractivity contribution in [2.45, 2.75) is 38.1 Å². The summed E-state index contributed by atoms with van der Waals surface area (Å²) in [6.07, 6.45) is 1.34. The normalized spacial score (nSPS) is 19.7. The number of esters is 1. The molecule has 2 rings (SSSR count). The molecule has 26 heavy (non-hydrogen) atoms. The molecule has 1 aromatic carbocycles. The van der Waals surface area contributed by atoms with Gasteiger partial charge in [-0.2, -0.15) is 4.31 Å². The van der Waals surface area contributed by atoms with Crippen LogP contribution in [0.4, 0.5) is 0 Å². The highest BCUT2D eigenvalue weighted by Crippen LogP contribution is 2.35. The summed E-state index contributed by atoms with van der Waals surface area (Å²) in [5, 5.41) is 2.81. The van der Waals surface area contributed by atoms with Crippen LogP contribution in [0.3, 0.4) is 0 Å². The molecule has 1 amide bonds. The zero-order chi connectivity index (χ0) is 19.3. The highest BCUT2D eigenvalue weighted by molar-refractivity contribution is 7.89. The van der Waals surface area contributed by atoms with E-state index in [1.807, 2.05) is 0 Å². The molecule has 0 aromatic heterocycles. The lowest BCUT2D eigenvalue weighted by molar-refractivity contribution is -0.155. The number of sulfonamides is 1. The van der Waals surface area contributed by atoms with Crippen molar-refractivity contribution in [1.82, 2.24) is 9.62 Å². The van der Waals surface area contributed by atoms with Crippen molar-refractivity contribution < 1.29 is 22.7 Å². The van der Waals surface area contributed by atoms with Gasteiger partial charge in [-0.15, -0.1) is 0 Å². The van der Waals surface area contributed by atoms with E-state index in [9.17, 15) is 18.0 Å². The topological polar surface area (TPSA) is 92.8 Å². The van der Waals surface area contributed by atoms with Crippen molar-refractivity contribution in [2.24, 2.45) is 11.8 Å². The van der Waals surface area contributed by atoms with Crippen molar-refractivity contribution in [3.63, 3.8) is 0 Å². The van der Waals surface area contributed by atoms with E-state index in [0.717, 1.165) is 5.56 Å². The maximum atomic E-state index is 12.4. The van der Waals surface area contributed by atoms with Gasteiger partial charge in [0.25, 0.3) is 0 Å². The van der Waals surface area contributed by atoms with Gasteiger partial charge < -0.3 is 10.1 Å². The Morgan fingerprint density at radius 3 is 2.15 bits per heavy atom. The Hall–Kier alpha value is -1.93. The second-order valence-electron chi connectivity index (χ2n) is 6.26. The van der Waals surface area contributed by atoms with Crippen molar-refractivity contribution in [2.75, 3.05) is 20.2 Å². The Bertz CT molecular complexity index is 741. The minimum Gasteiger partial charge on any atom is -0.469 e. The number of carbonyl (C=O) groups excluding carboxylic acids is 2. The van der Waals surface area contributed by atoms with Gasteiger partial charge in [-0.1, -0.05) is 26.0 Å². The number of rotatable bonds is 8. The van der Waals surface area contributed by atoms with E-state index in [0.29, 0.717) is 25.9 Å². The first kappa shape index (κ1) is 20.4. The van der Waals surface area contributed by atoms with E-state index >= 15 is 0 Å². The molecule has 0 spiro atoms. The highest BCUT2D eigenvalue weighted by atomic mass is 32.2. The van der Waals surface area contributed by atoms with Crippen LogP contribution in [0.5, 0.6) is 0 Å². The SMILES string of the molecule is CCN(CC)S(=O)(=O)c1ccc(CNC(=O)C2CCC2C(=O)OC)cc1. The highest BCUT2D eigenvalue weighted by Gasteiger charge is 2.41. The van der Waals surface area contributed by atoms with Crippen LogP contribution in [0.25, 0.3) is 0 Å². The maximum absolute atomic E-state index is 12.4. The Morgan fingerprint density at radius 1 is 1.12 bits per heavy atom. The molecule has 0 heterocycles. The summed E-state index contributed by atoms with van der Waals surface area (Å²) in [6, 6.07) is 6.48. The summed E-state index contributed by atoms with van der Waals surface area (Å²) in [5.74, 6) is -1.22. The predicted molar refractivity (Wildman–Crippen MR) is 96.6 cm³/mol. The second kappa shape index (κ2) is 8.64. The van der Waals surface area contributed by atoms with Crippen LogP contribution in [0.2, 0.25) is 0 Å². The smallest absolute Gasteiger partial charge is 0.309 e. The molecule has 144 valence electrons. The fourth-order valence-corrected chi connectivity index (χ4v) is 4.52. The lowest BCUT2D eigenvalue weighted by Gasteiger charge is -2.32. The summed E-state index contributed by atoms with van der Waals surface area (Å²) in [5.41, 5.74) is 0.797. The third-order valence-electron chi connectivity index (χ3n) is 4.85. The monoisotopic (exact) mass is 382 g/mol. The molecule has 1 aromatic rings. The summed E-state index contributed by atoms with van der Waals surface area (Å²) in [7, 11) is -2.16. The van der Waals surface area contributed by atoms with Crippen LogP contribution < -0.4 is 5.32 Å². The lowest BCUT2D eigenvalue weighted by atomic mass is 9.73. The summed E-state index contributed by atoms with van der Waals surface area (Å²) >= 11 is 0. The Morgan fingerprint density at radius 2 is 1.69 bits per heavy atom. The van der Waals surface area contributed by atoms with Gasteiger partial charge in [0.05, 0.1) is 23.8 Å². The first-order chi connectivity index (χ1) is 12.3. The molecule has 0 saturated heterocycles. The zero-order valence-corrected chi connectivity index (χ0v) is 16.2. The van der Waals surface area contributed by atoms with E-state index in [4.69, 9.17) is 4.74 Å². The van der Waals surface area contributed by atoms with Crippen molar-refractivity contribution in [3.8, 4) is 0 Å². The van der Waals surface area contributed by atoms with Crippen LogP contribution in [-0.2, 0) is 30.9 Å². The number of nitrogens with one attached hydrogen (secondary N) is 1. The predicted octanol–water partition coefficient (Wildman–Crippen LogP) is 1.53. The van der Waals surface area contributed by atoms with Gasteiger partial charge in [-0.05, 0) is 30.5 Å². The minimum absolute atomic E-state index is 0.175. The van der Waals surface area contributed by atoms with E-state index in [-0.39, 0.29) is 35.2 Å². The van der Waals surface area contributed by atoms with Gasteiger partial charge in [0.1, 0.15) is 0 Å². The number of hydrogen-bond donors (Lipinski definition) is 1. The van der Waals surface area contributed by atoms with E-state index in [2.05, 4.69) is 5.32 Å². The fourth-order valence-electron chi connectivity index (χ4n) is 3.06. The van der Waals surface area contributed by atoms with Gasteiger partial charge in [-0.25, -0.2) is 8.42 Å². The van der Waals surface area contributed by atoms with Gasteiger partial charge in [0.2, 0.25) is 15.9 Å². The molecule has 8 heteroatoms. The number of hydrogen-bond acceptors (Lipinski definition) is 5. The van der Waals surface area contributed by atoms with Crippen molar-refractivity contribution in [3.05, 3.63) is 29.8 Å². The van der Waals surface area contributed by atoms with Crippen molar-refractivity contribution in [1.29, 1.82) is 0 Å². The van der Waals surface area contributed by atoms with Crippen molar-refractivity contribution >= 4 is 21.9 Å². The van der Waals surface area contributed by atoms with Gasteiger partial charge >= 0.3 is 5.97 Å². The third-order valence-corrected chi connectivity index (χ3v) is 6.91. The molecular formula is C18H26N2O5S. The van der Waals surface area contributed by atoms with E-state index in [1.165, 1.54) is 11.4 Å². The molecule has 1 fully saturated rings. The van der Waals surface area contributed by atoms with Crippen LogP contribution in [0, 0.1) is 11.8 Å². The summed E-state index contributed by atoms with van der Waals surface area (Å²) in [6.45, 7) is 4.72. The van der Waals surface area contributed by atoms with E-state index in [1.54, 1.807) is 38.1 Å². The standard InChI is InChI=1S/C18H26N2O5S/c1-4-20(5-2)26(23,24)14-8-6-13(7-9-14)12-19-17(21)15-10-11-16(15)18(22)25-3/h6-9,15-16H,4-5,10-12H2,1-3H3,(H,19,21). The largest absolute Gasteiger partial charge is 0.469 e. The van der Waals surface area contributed by atoms with Crippen LogP contribution in [0.15, 0.2) is 29.2 Å². The third kappa shape index (κ3) is 4.24. The Labute approximate surface area is 154 Å². The Kier molecular flexibility index (Phi) is 6.77. The van der Waals surface area contributed by atoms with Crippen LogP contribution in [-0.4, -0.2) is 44.8 Å². The second-order valence-corrected chi connectivity index (χ2v) is 8.20. The Balaban J connectivity index is 1.96. The van der Waals surface area contributed by atoms with Crippen LogP contribution in [0.1, 0.15) is 32.3 Å². The number of benzene rings is 1. The molecule has 1 aliphatic rings. The average Bonchev–Trinajstić information content (AvgIpc) is 2.60. The van der Waals surface area contributed by atoms with Crippen LogP contribution >= 0.6 is 0 Å². The quantitative estimate of drug-likeness (QED) is 0.689. The first-order valence-electron chi connectivity index (χ1n) is 8.79. The molecule has 1 aliphatic carbocycles. The van der Waals surface area contributed by atoms with Gasteiger partial charge in [0, 0.05) is 19.6 Å². The lowest BCUT2D eigenvalue weighted by Crippen LogP contribution is -2.44. The molecule has 1 N–H and O–H groups in total. The zero-order valence-electron chi connectivity index (χ0n) is 15.4. The molecule has 0 radical (unpaired) electrons. The fraction of sp³-hybridized carbons (Fsp3) is 0.556.